The number of furan rings is 1. The van der Waals surface area contributed by atoms with Gasteiger partial charge in [0.1, 0.15) is 5.58 Å². The van der Waals surface area contributed by atoms with Gasteiger partial charge in [0.05, 0.1) is 5.92 Å². The molecule has 2 rings (SSSR count). The molecule has 1 aromatic carbocycles. The molecule has 20 heavy (non-hydrogen) atoms. The van der Waals surface area contributed by atoms with Crippen LogP contribution in [0.15, 0.2) is 27.1 Å². The minimum Gasteiger partial charge on any atom is -0.481 e. The molecule has 1 heterocycles. The van der Waals surface area contributed by atoms with Crippen LogP contribution in [0.1, 0.15) is 23.0 Å². The molecule has 106 valence electrons. The van der Waals surface area contributed by atoms with Crippen LogP contribution >= 0.6 is 15.9 Å². The fourth-order valence-electron chi connectivity index (χ4n) is 1.82. The number of halogens is 1. The second kappa shape index (κ2) is 5.66. The number of hydrogen-bond donors (Lipinski definition) is 2. The summed E-state index contributed by atoms with van der Waals surface area (Å²) in [6.07, 6.45) is 0. The summed E-state index contributed by atoms with van der Waals surface area (Å²) in [5.41, 5.74) is 1.58. The monoisotopic (exact) mass is 339 g/mol. The Bertz CT molecular complexity index is 677. The lowest BCUT2D eigenvalue weighted by atomic mass is 10.2. The number of amides is 1. The molecular formula is C14H14BrNO4. The van der Waals surface area contributed by atoms with Crippen molar-refractivity contribution in [2.75, 3.05) is 6.54 Å². The average Bonchev–Trinajstić information content (AvgIpc) is 2.79. The Kier molecular flexibility index (Phi) is 4.13. The maximum Gasteiger partial charge on any atom is 0.308 e. The number of benzene rings is 1. The van der Waals surface area contributed by atoms with Crippen molar-refractivity contribution < 1.29 is 19.1 Å². The van der Waals surface area contributed by atoms with Crippen LogP contribution in [-0.2, 0) is 4.79 Å². The molecule has 0 saturated carbocycles. The van der Waals surface area contributed by atoms with E-state index in [9.17, 15) is 9.59 Å². The van der Waals surface area contributed by atoms with Crippen molar-refractivity contribution in [3.05, 3.63) is 34.0 Å². The average molecular weight is 340 g/mol. The zero-order valence-corrected chi connectivity index (χ0v) is 12.7. The molecule has 0 saturated heterocycles. The van der Waals surface area contributed by atoms with E-state index in [1.54, 1.807) is 6.07 Å². The first-order valence-corrected chi connectivity index (χ1v) is 6.88. The Morgan fingerprint density at radius 1 is 1.40 bits per heavy atom. The van der Waals surface area contributed by atoms with Gasteiger partial charge in [-0.25, -0.2) is 0 Å². The Morgan fingerprint density at radius 2 is 2.10 bits per heavy atom. The molecule has 1 amide bonds. The van der Waals surface area contributed by atoms with Crippen molar-refractivity contribution in [3.8, 4) is 0 Å². The summed E-state index contributed by atoms with van der Waals surface area (Å²) < 4.78 is 6.44. The molecule has 0 fully saturated rings. The van der Waals surface area contributed by atoms with E-state index in [2.05, 4.69) is 21.2 Å². The summed E-state index contributed by atoms with van der Waals surface area (Å²) in [4.78, 5) is 22.6. The fourth-order valence-corrected chi connectivity index (χ4v) is 2.41. The molecule has 6 heteroatoms. The first kappa shape index (κ1) is 14.6. The number of carboxylic acid groups (broad SMARTS) is 1. The second-order valence-corrected chi connectivity index (χ2v) is 5.62. The topological polar surface area (TPSA) is 79.5 Å². The molecule has 0 bridgehead atoms. The van der Waals surface area contributed by atoms with Gasteiger partial charge in [-0.1, -0.05) is 22.9 Å². The Hall–Kier alpha value is -1.82. The molecule has 2 N–H and O–H groups in total. The van der Waals surface area contributed by atoms with Gasteiger partial charge in [-0.15, -0.1) is 0 Å². The van der Waals surface area contributed by atoms with Crippen LogP contribution in [0.5, 0.6) is 0 Å². The number of hydrogen-bond acceptors (Lipinski definition) is 3. The van der Waals surface area contributed by atoms with Crippen LogP contribution in [0, 0.1) is 12.8 Å². The van der Waals surface area contributed by atoms with Crippen LogP contribution in [0.2, 0.25) is 0 Å². The molecule has 0 radical (unpaired) electrons. The third kappa shape index (κ3) is 3.01. The maximum absolute atomic E-state index is 11.9. The molecule has 5 nitrogen and oxygen atoms in total. The van der Waals surface area contributed by atoms with Gasteiger partial charge in [0.25, 0.3) is 5.91 Å². The third-order valence-electron chi connectivity index (χ3n) is 2.98. The number of aliphatic carboxylic acids is 1. The van der Waals surface area contributed by atoms with E-state index >= 15 is 0 Å². The highest BCUT2D eigenvalue weighted by Crippen LogP contribution is 2.26. The Morgan fingerprint density at radius 3 is 2.75 bits per heavy atom. The Balaban J connectivity index is 2.19. The van der Waals surface area contributed by atoms with E-state index in [1.807, 2.05) is 19.1 Å². The van der Waals surface area contributed by atoms with Gasteiger partial charge in [-0.05, 0) is 30.7 Å². The Labute approximate surface area is 124 Å². The van der Waals surface area contributed by atoms with Gasteiger partial charge in [0.15, 0.2) is 5.76 Å². The van der Waals surface area contributed by atoms with E-state index in [0.29, 0.717) is 5.58 Å². The van der Waals surface area contributed by atoms with Gasteiger partial charge >= 0.3 is 5.97 Å². The maximum atomic E-state index is 11.9. The molecular weight excluding hydrogens is 326 g/mol. The van der Waals surface area contributed by atoms with Crippen molar-refractivity contribution >= 4 is 38.8 Å². The van der Waals surface area contributed by atoms with Gasteiger partial charge in [-0.3, -0.25) is 9.59 Å². The standard InChI is InChI=1S/C14H14BrNO4/c1-7-3-10(15)4-9-5-11(20-12(7)9)13(17)16-6-8(2)14(18)19/h3-5,8H,6H2,1-2H3,(H,16,17)(H,18,19). The second-order valence-electron chi connectivity index (χ2n) is 4.70. The van der Waals surface area contributed by atoms with E-state index in [1.165, 1.54) is 6.92 Å². The van der Waals surface area contributed by atoms with Gasteiger partial charge in [0.2, 0.25) is 0 Å². The summed E-state index contributed by atoms with van der Waals surface area (Å²) in [7, 11) is 0. The van der Waals surface area contributed by atoms with Gasteiger partial charge in [0, 0.05) is 16.4 Å². The number of carbonyl (C=O) groups excluding carboxylic acids is 1. The summed E-state index contributed by atoms with van der Waals surface area (Å²) in [5, 5.41) is 12.1. The molecule has 0 aliphatic carbocycles. The normalized spacial score (nSPS) is 12.3. The van der Waals surface area contributed by atoms with Crippen molar-refractivity contribution in [2.24, 2.45) is 5.92 Å². The van der Waals surface area contributed by atoms with Crippen LogP contribution in [0.4, 0.5) is 0 Å². The summed E-state index contributed by atoms with van der Waals surface area (Å²) >= 11 is 3.39. The number of carbonyl (C=O) groups is 2. The number of aryl methyl sites for hydroxylation is 1. The van der Waals surface area contributed by atoms with Gasteiger partial charge in [-0.2, -0.15) is 0 Å². The van der Waals surface area contributed by atoms with Gasteiger partial charge < -0.3 is 14.8 Å². The highest BCUT2D eigenvalue weighted by Gasteiger charge is 2.16. The quantitative estimate of drug-likeness (QED) is 0.897. The highest BCUT2D eigenvalue weighted by molar-refractivity contribution is 9.10. The minimum absolute atomic E-state index is 0.0634. The molecule has 1 aromatic heterocycles. The van der Waals surface area contributed by atoms with Crippen molar-refractivity contribution in [3.63, 3.8) is 0 Å². The van der Waals surface area contributed by atoms with Crippen LogP contribution in [0.25, 0.3) is 11.0 Å². The molecule has 0 aliphatic heterocycles. The predicted octanol–water partition coefficient (Wildman–Crippen LogP) is 2.95. The van der Waals surface area contributed by atoms with E-state index < -0.39 is 17.8 Å². The molecule has 1 atom stereocenters. The third-order valence-corrected chi connectivity index (χ3v) is 3.44. The lowest BCUT2D eigenvalue weighted by Gasteiger charge is -2.06. The number of rotatable bonds is 4. The first-order chi connectivity index (χ1) is 9.38. The summed E-state index contributed by atoms with van der Waals surface area (Å²) in [6, 6.07) is 5.41. The highest BCUT2D eigenvalue weighted by atomic mass is 79.9. The van der Waals surface area contributed by atoms with Crippen molar-refractivity contribution in [1.29, 1.82) is 0 Å². The van der Waals surface area contributed by atoms with Crippen molar-refractivity contribution in [2.45, 2.75) is 13.8 Å². The van der Waals surface area contributed by atoms with Crippen LogP contribution in [-0.4, -0.2) is 23.5 Å². The number of nitrogens with one attached hydrogen (secondary N) is 1. The zero-order chi connectivity index (χ0) is 14.9. The summed E-state index contributed by atoms with van der Waals surface area (Å²) in [5.74, 6) is -1.82. The fraction of sp³-hybridized carbons (Fsp3) is 0.286. The smallest absolute Gasteiger partial charge is 0.308 e. The number of carboxylic acids is 1. The first-order valence-electron chi connectivity index (χ1n) is 6.09. The molecule has 0 aliphatic rings. The lowest BCUT2D eigenvalue weighted by Crippen LogP contribution is -2.31. The molecule has 1 unspecified atom stereocenters. The van der Waals surface area contributed by atoms with Crippen molar-refractivity contribution in [1.82, 2.24) is 5.32 Å². The van der Waals surface area contributed by atoms with E-state index in [-0.39, 0.29) is 12.3 Å². The minimum atomic E-state index is -0.949. The lowest BCUT2D eigenvalue weighted by molar-refractivity contribution is -0.140. The largest absolute Gasteiger partial charge is 0.481 e. The molecule has 2 aromatic rings. The number of fused-ring (bicyclic) bond motifs is 1. The summed E-state index contributed by atoms with van der Waals surface area (Å²) in [6.45, 7) is 3.49. The van der Waals surface area contributed by atoms with Crippen LogP contribution < -0.4 is 5.32 Å². The molecule has 0 spiro atoms. The SMILES string of the molecule is Cc1cc(Br)cc2cc(C(=O)NCC(C)C(=O)O)oc12. The predicted molar refractivity (Wildman–Crippen MR) is 77.8 cm³/mol. The zero-order valence-electron chi connectivity index (χ0n) is 11.1. The van der Waals surface area contributed by atoms with E-state index in [4.69, 9.17) is 9.52 Å². The van der Waals surface area contributed by atoms with Crippen LogP contribution in [0.3, 0.4) is 0 Å². The van der Waals surface area contributed by atoms with E-state index in [0.717, 1.165) is 15.4 Å².